The Morgan fingerprint density at radius 3 is 2.81 bits per heavy atom. The lowest BCUT2D eigenvalue weighted by atomic mass is 10.1. The number of nitrogens with one attached hydrogen (secondary N) is 1. The lowest BCUT2D eigenvalue weighted by Crippen LogP contribution is -2.27. The molecule has 1 aromatic carbocycles. The molecule has 0 fully saturated rings. The second-order valence-corrected chi connectivity index (χ2v) is 5.74. The molecule has 0 saturated carbocycles. The molecule has 1 amide bonds. The van der Waals surface area contributed by atoms with Crippen LogP contribution in [-0.4, -0.2) is 41.8 Å². The van der Waals surface area contributed by atoms with E-state index in [0.717, 1.165) is 18.5 Å². The van der Waals surface area contributed by atoms with Crippen molar-refractivity contribution in [2.45, 2.75) is 13.0 Å². The second-order valence-electron chi connectivity index (χ2n) is 5.74. The molecule has 0 bridgehead atoms. The summed E-state index contributed by atoms with van der Waals surface area (Å²) in [5.41, 5.74) is 2.02. The van der Waals surface area contributed by atoms with E-state index in [1.54, 1.807) is 12.3 Å². The van der Waals surface area contributed by atoms with Crippen LogP contribution in [0.4, 0.5) is 0 Å². The summed E-state index contributed by atoms with van der Waals surface area (Å²) < 4.78 is 3.29. The highest BCUT2D eigenvalue weighted by molar-refractivity contribution is 5.94. The first-order valence-corrected chi connectivity index (χ1v) is 8.33. The number of carbonyl (C=O) groups is 1. The highest BCUT2D eigenvalue weighted by Crippen LogP contribution is 2.18. The van der Waals surface area contributed by atoms with Crippen LogP contribution in [0.5, 0.6) is 0 Å². The molecule has 0 aliphatic carbocycles. The van der Waals surface area contributed by atoms with E-state index < -0.39 is 0 Å². The third kappa shape index (κ3) is 3.30. The van der Waals surface area contributed by atoms with Crippen molar-refractivity contribution >= 4 is 11.7 Å². The van der Waals surface area contributed by atoms with Crippen molar-refractivity contribution in [1.29, 1.82) is 0 Å². The number of benzene rings is 1. The largest absolute Gasteiger partial charge is 0.351 e. The number of aryl methyl sites for hydroxylation is 1. The Kier molecular flexibility index (Phi) is 4.38. The van der Waals surface area contributed by atoms with E-state index in [-0.39, 0.29) is 5.91 Å². The quantitative estimate of drug-likeness (QED) is 0.537. The van der Waals surface area contributed by atoms with Gasteiger partial charge in [-0.2, -0.15) is 19.7 Å². The van der Waals surface area contributed by atoms with Crippen LogP contribution >= 0.6 is 0 Å². The van der Waals surface area contributed by atoms with Gasteiger partial charge in [0, 0.05) is 31.0 Å². The van der Waals surface area contributed by atoms with E-state index in [0.29, 0.717) is 23.7 Å². The Labute approximate surface area is 149 Å². The fourth-order valence-corrected chi connectivity index (χ4v) is 2.70. The zero-order valence-corrected chi connectivity index (χ0v) is 14.0. The normalized spacial score (nSPS) is 10.9. The number of aromatic nitrogens is 6. The molecule has 0 saturated heterocycles. The SMILES string of the molecule is O=C(NCCCn1cccn1)c1cc(-c2ccccc2)nc2ncnn12. The molecule has 1 N–H and O–H groups in total. The first-order valence-electron chi connectivity index (χ1n) is 8.33. The molecule has 130 valence electrons. The van der Waals surface area contributed by atoms with Crippen LogP contribution in [0.15, 0.2) is 61.2 Å². The summed E-state index contributed by atoms with van der Waals surface area (Å²) in [4.78, 5) is 21.3. The van der Waals surface area contributed by atoms with E-state index in [1.807, 2.05) is 47.3 Å². The number of rotatable bonds is 6. The average Bonchev–Trinajstić information content (AvgIpc) is 3.36. The summed E-state index contributed by atoms with van der Waals surface area (Å²) in [6.07, 6.45) is 5.81. The Balaban J connectivity index is 1.52. The van der Waals surface area contributed by atoms with Crippen molar-refractivity contribution in [1.82, 2.24) is 34.7 Å². The third-order valence-corrected chi connectivity index (χ3v) is 3.96. The summed E-state index contributed by atoms with van der Waals surface area (Å²) in [7, 11) is 0. The van der Waals surface area contributed by atoms with Crippen LogP contribution in [0.25, 0.3) is 17.0 Å². The highest BCUT2D eigenvalue weighted by atomic mass is 16.2. The van der Waals surface area contributed by atoms with Crippen molar-refractivity contribution in [3.8, 4) is 11.3 Å². The molecule has 3 heterocycles. The van der Waals surface area contributed by atoms with E-state index in [2.05, 4.69) is 25.5 Å². The summed E-state index contributed by atoms with van der Waals surface area (Å²) in [5.74, 6) is 0.189. The van der Waals surface area contributed by atoms with Gasteiger partial charge in [0.25, 0.3) is 11.7 Å². The number of hydrogen-bond donors (Lipinski definition) is 1. The summed E-state index contributed by atoms with van der Waals surface area (Å²) in [5, 5.41) is 11.2. The molecule has 3 aromatic heterocycles. The lowest BCUT2D eigenvalue weighted by molar-refractivity contribution is 0.0945. The number of fused-ring (bicyclic) bond motifs is 1. The van der Waals surface area contributed by atoms with E-state index in [1.165, 1.54) is 10.8 Å². The summed E-state index contributed by atoms with van der Waals surface area (Å²) in [6, 6.07) is 13.3. The maximum atomic E-state index is 12.7. The third-order valence-electron chi connectivity index (χ3n) is 3.96. The van der Waals surface area contributed by atoms with Gasteiger partial charge in [-0.05, 0) is 18.6 Å². The first kappa shape index (κ1) is 15.9. The summed E-state index contributed by atoms with van der Waals surface area (Å²) in [6.45, 7) is 1.29. The molecule has 0 unspecified atom stereocenters. The fraction of sp³-hybridized carbons (Fsp3) is 0.167. The Hall–Kier alpha value is -3.55. The molecular formula is C18H17N7O. The minimum absolute atomic E-state index is 0.208. The van der Waals surface area contributed by atoms with Crippen LogP contribution in [-0.2, 0) is 6.54 Å². The van der Waals surface area contributed by atoms with Crippen molar-refractivity contribution in [3.05, 3.63) is 66.9 Å². The van der Waals surface area contributed by atoms with Crippen LogP contribution in [0.3, 0.4) is 0 Å². The van der Waals surface area contributed by atoms with Crippen molar-refractivity contribution < 1.29 is 4.79 Å². The van der Waals surface area contributed by atoms with Gasteiger partial charge in [0.05, 0.1) is 5.69 Å². The zero-order chi connectivity index (χ0) is 17.8. The van der Waals surface area contributed by atoms with Gasteiger partial charge in [-0.3, -0.25) is 9.48 Å². The van der Waals surface area contributed by atoms with Crippen molar-refractivity contribution in [3.63, 3.8) is 0 Å². The average molecular weight is 347 g/mol. The van der Waals surface area contributed by atoms with E-state index in [4.69, 9.17) is 0 Å². The molecular weight excluding hydrogens is 330 g/mol. The van der Waals surface area contributed by atoms with Gasteiger partial charge in [0.15, 0.2) is 0 Å². The number of hydrogen-bond acceptors (Lipinski definition) is 5. The molecule has 4 aromatic rings. The molecule has 8 heteroatoms. The molecule has 0 aliphatic rings. The van der Waals surface area contributed by atoms with Crippen LogP contribution in [0.2, 0.25) is 0 Å². The summed E-state index contributed by atoms with van der Waals surface area (Å²) >= 11 is 0. The Morgan fingerprint density at radius 1 is 1.12 bits per heavy atom. The predicted octanol–water partition coefficient (Wildman–Crippen LogP) is 1.81. The van der Waals surface area contributed by atoms with E-state index in [9.17, 15) is 4.79 Å². The maximum Gasteiger partial charge on any atom is 0.270 e. The monoisotopic (exact) mass is 347 g/mol. The van der Waals surface area contributed by atoms with Gasteiger partial charge in [0.1, 0.15) is 12.0 Å². The molecule has 26 heavy (non-hydrogen) atoms. The minimum Gasteiger partial charge on any atom is -0.351 e. The molecule has 4 rings (SSSR count). The van der Waals surface area contributed by atoms with Crippen LogP contribution in [0, 0.1) is 0 Å². The molecule has 0 aliphatic heterocycles. The molecule has 0 spiro atoms. The van der Waals surface area contributed by atoms with Gasteiger partial charge >= 0.3 is 0 Å². The topological polar surface area (TPSA) is 90.0 Å². The predicted molar refractivity (Wildman–Crippen MR) is 95.4 cm³/mol. The second kappa shape index (κ2) is 7.14. The molecule has 8 nitrogen and oxygen atoms in total. The highest BCUT2D eigenvalue weighted by Gasteiger charge is 2.15. The van der Waals surface area contributed by atoms with Gasteiger partial charge in [-0.25, -0.2) is 4.98 Å². The zero-order valence-electron chi connectivity index (χ0n) is 14.0. The Morgan fingerprint density at radius 2 is 2.00 bits per heavy atom. The Bertz CT molecular complexity index is 1010. The first-order chi connectivity index (χ1) is 12.8. The van der Waals surface area contributed by atoms with E-state index >= 15 is 0 Å². The smallest absolute Gasteiger partial charge is 0.270 e. The van der Waals surface area contributed by atoms with Gasteiger partial charge in [-0.1, -0.05) is 30.3 Å². The van der Waals surface area contributed by atoms with Crippen molar-refractivity contribution in [2.75, 3.05) is 6.54 Å². The van der Waals surface area contributed by atoms with Gasteiger partial charge in [0.2, 0.25) is 0 Å². The van der Waals surface area contributed by atoms with Gasteiger partial charge in [-0.15, -0.1) is 0 Å². The standard InChI is InChI=1S/C18H17N7O/c26-17(19-8-4-10-24-11-5-9-21-24)16-12-15(14-6-2-1-3-7-14)23-18-20-13-22-25(16)18/h1-3,5-7,9,11-13H,4,8,10H2,(H,19,26). The number of nitrogens with zero attached hydrogens (tertiary/aromatic N) is 6. The van der Waals surface area contributed by atoms with Crippen LogP contribution in [0.1, 0.15) is 16.9 Å². The van der Waals surface area contributed by atoms with Gasteiger partial charge < -0.3 is 5.32 Å². The fourth-order valence-electron chi connectivity index (χ4n) is 2.70. The number of amides is 1. The minimum atomic E-state index is -0.208. The lowest BCUT2D eigenvalue weighted by Gasteiger charge is -2.09. The molecule has 0 radical (unpaired) electrons. The van der Waals surface area contributed by atoms with Crippen LogP contribution < -0.4 is 5.32 Å². The maximum absolute atomic E-state index is 12.7. The van der Waals surface area contributed by atoms with Crippen molar-refractivity contribution in [2.24, 2.45) is 0 Å². The molecule has 0 atom stereocenters. The number of carbonyl (C=O) groups excluding carboxylic acids is 1.